The molecule has 0 spiro atoms. The summed E-state index contributed by atoms with van der Waals surface area (Å²) in [6.07, 6.45) is 0. The molecule has 2 rings (SSSR count). The fourth-order valence-corrected chi connectivity index (χ4v) is 2.45. The van der Waals surface area contributed by atoms with Crippen molar-refractivity contribution in [2.45, 2.75) is 33.4 Å². The molecule has 6 heteroatoms. The standard InChI is InChI=1S/C20H22N2O4/c1-12-4-7-17(10-13(12)2)18(20(25)26)22-19(24)16-8-5-15(6-9-16)11-21-14(3)23/h4-10,18H,11H2,1-3H3,(H,21,23)(H,22,24)(H,25,26). The third-order valence-electron chi connectivity index (χ3n) is 4.14. The van der Waals surface area contributed by atoms with Crippen LogP contribution in [0.3, 0.4) is 0 Å². The quantitative estimate of drug-likeness (QED) is 0.743. The fraction of sp³-hybridized carbons (Fsp3) is 0.250. The Hall–Kier alpha value is -3.15. The van der Waals surface area contributed by atoms with E-state index >= 15 is 0 Å². The average Bonchev–Trinajstić information content (AvgIpc) is 2.60. The van der Waals surface area contributed by atoms with Crippen molar-refractivity contribution in [3.05, 3.63) is 70.3 Å². The van der Waals surface area contributed by atoms with Crippen molar-refractivity contribution in [1.29, 1.82) is 0 Å². The van der Waals surface area contributed by atoms with Gasteiger partial charge in [0.1, 0.15) is 0 Å². The zero-order valence-corrected chi connectivity index (χ0v) is 15.0. The minimum atomic E-state index is -1.12. The maximum absolute atomic E-state index is 12.4. The van der Waals surface area contributed by atoms with Gasteiger partial charge in [-0.1, -0.05) is 30.3 Å². The first kappa shape index (κ1) is 19.2. The summed E-state index contributed by atoms with van der Waals surface area (Å²) in [4.78, 5) is 35.0. The molecule has 0 fully saturated rings. The Morgan fingerprint density at radius 3 is 2.19 bits per heavy atom. The summed E-state index contributed by atoms with van der Waals surface area (Å²) < 4.78 is 0. The molecule has 0 aliphatic carbocycles. The van der Waals surface area contributed by atoms with Crippen LogP contribution in [0.2, 0.25) is 0 Å². The van der Waals surface area contributed by atoms with Gasteiger partial charge in [-0.3, -0.25) is 9.59 Å². The Morgan fingerprint density at radius 1 is 1.00 bits per heavy atom. The van der Waals surface area contributed by atoms with Crippen LogP contribution in [-0.4, -0.2) is 22.9 Å². The van der Waals surface area contributed by atoms with Gasteiger partial charge in [0.2, 0.25) is 5.91 Å². The molecule has 26 heavy (non-hydrogen) atoms. The Kier molecular flexibility index (Phi) is 6.11. The number of benzene rings is 2. The summed E-state index contributed by atoms with van der Waals surface area (Å²) in [6.45, 7) is 5.64. The summed E-state index contributed by atoms with van der Waals surface area (Å²) in [5, 5.41) is 14.7. The molecule has 6 nitrogen and oxygen atoms in total. The number of carbonyl (C=O) groups is 3. The number of nitrogens with one attached hydrogen (secondary N) is 2. The predicted octanol–water partition coefficient (Wildman–Crippen LogP) is 2.50. The van der Waals surface area contributed by atoms with Crippen molar-refractivity contribution in [2.24, 2.45) is 0 Å². The Labute approximate surface area is 152 Å². The Morgan fingerprint density at radius 2 is 1.65 bits per heavy atom. The van der Waals surface area contributed by atoms with Gasteiger partial charge in [0.25, 0.3) is 5.91 Å². The number of carboxylic acid groups (broad SMARTS) is 1. The van der Waals surface area contributed by atoms with Crippen molar-refractivity contribution < 1.29 is 19.5 Å². The first-order valence-electron chi connectivity index (χ1n) is 8.22. The highest BCUT2D eigenvalue weighted by Crippen LogP contribution is 2.18. The highest BCUT2D eigenvalue weighted by Gasteiger charge is 2.23. The molecule has 0 aromatic heterocycles. The summed E-state index contributed by atoms with van der Waals surface area (Å²) in [5.41, 5.74) is 3.74. The fourth-order valence-electron chi connectivity index (χ4n) is 2.45. The molecule has 3 N–H and O–H groups in total. The summed E-state index contributed by atoms with van der Waals surface area (Å²) in [6, 6.07) is 10.8. The van der Waals surface area contributed by atoms with Crippen LogP contribution < -0.4 is 10.6 Å². The first-order valence-corrected chi connectivity index (χ1v) is 8.22. The van der Waals surface area contributed by atoms with Crippen LogP contribution in [0.4, 0.5) is 0 Å². The van der Waals surface area contributed by atoms with Crippen LogP contribution >= 0.6 is 0 Å². The Balaban J connectivity index is 2.13. The van der Waals surface area contributed by atoms with Crippen molar-refractivity contribution in [3.63, 3.8) is 0 Å². The number of hydrogen-bond acceptors (Lipinski definition) is 3. The van der Waals surface area contributed by atoms with E-state index in [0.29, 0.717) is 17.7 Å². The molecule has 2 amide bonds. The van der Waals surface area contributed by atoms with E-state index in [2.05, 4.69) is 10.6 Å². The third kappa shape index (κ3) is 4.92. The second-order valence-corrected chi connectivity index (χ2v) is 6.20. The molecular formula is C20H22N2O4. The number of aliphatic carboxylic acids is 1. The van der Waals surface area contributed by atoms with Crippen molar-refractivity contribution in [3.8, 4) is 0 Å². The highest BCUT2D eigenvalue weighted by atomic mass is 16.4. The molecule has 2 aromatic carbocycles. The second kappa shape index (κ2) is 8.29. The van der Waals surface area contributed by atoms with Crippen LogP contribution in [-0.2, 0) is 16.1 Å². The monoisotopic (exact) mass is 354 g/mol. The molecule has 0 aliphatic rings. The average molecular weight is 354 g/mol. The number of carbonyl (C=O) groups excluding carboxylic acids is 2. The predicted molar refractivity (Wildman–Crippen MR) is 97.7 cm³/mol. The normalized spacial score (nSPS) is 11.5. The lowest BCUT2D eigenvalue weighted by molar-refractivity contribution is -0.139. The second-order valence-electron chi connectivity index (χ2n) is 6.20. The van der Waals surface area contributed by atoms with E-state index < -0.39 is 17.9 Å². The molecule has 0 radical (unpaired) electrons. The smallest absolute Gasteiger partial charge is 0.330 e. The van der Waals surface area contributed by atoms with Gasteiger partial charge in [0.15, 0.2) is 6.04 Å². The van der Waals surface area contributed by atoms with E-state index in [9.17, 15) is 19.5 Å². The lowest BCUT2D eigenvalue weighted by Crippen LogP contribution is -2.33. The lowest BCUT2D eigenvalue weighted by atomic mass is 10.0. The van der Waals surface area contributed by atoms with Crippen molar-refractivity contribution >= 4 is 17.8 Å². The van der Waals surface area contributed by atoms with Gasteiger partial charge in [-0.25, -0.2) is 4.79 Å². The van der Waals surface area contributed by atoms with Crippen LogP contribution in [0, 0.1) is 13.8 Å². The SMILES string of the molecule is CC(=O)NCc1ccc(C(=O)NC(C(=O)O)c2ccc(C)c(C)c2)cc1. The third-order valence-corrected chi connectivity index (χ3v) is 4.14. The first-order chi connectivity index (χ1) is 12.3. The van der Waals surface area contributed by atoms with Gasteiger partial charge < -0.3 is 15.7 Å². The molecule has 2 aromatic rings. The van der Waals surface area contributed by atoms with Gasteiger partial charge in [0, 0.05) is 19.0 Å². The van der Waals surface area contributed by atoms with Crippen LogP contribution in [0.25, 0.3) is 0 Å². The summed E-state index contributed by atoms with van der Waals surface area (Å²) in [7, 11) is 0. The maximum atomic E-state index is 12.4. The molecule has 0 aliphatic heterocycles. The van der Waals surface area contributed by atoms with E-state index in [0.717, 1.165) is 16.7 Å². The summed E-state index contributed by atoms with van der Waals surface area (Å²) >= 11 is 0. The largest absolute Gasteiger partial charge is 0.479 e. The number of hydrogen-bond donors (Lipinski definition) is 3. The minimum Gasteiger partial charge on any atom is -0.479 e. The zero-order chi connectivity index (χ0) is 19.3. The number of aryl methyl sites for hydroxylation is 2. The van der Waals surface area contributed by atoms with Crippen molar-refractivity contribution in [2.75, 3.05) is 0 Å². The lowest BCUT2D eigenvalue weighted by Gasteiger charge is -2.16. The van der Waals surface area contributed by atoms with Gasteiger partial charge in [-0.15, -0.1) is 0 Å². The van der Waals surface area contributed by atoms with E-state index in [4.69, 9.17) is 0 Å². The van der Waals surface area contributed by atoms with Gasteiger partial charge >= 0.3 is 5.97 Å². The van der Waals surface area contributed by atoms with Gasteiger partial charge in [-0.2, -0.15) is 0 Å². The molecule has 0 bridgehead atoms. The zero-order valence-electron chi connectivity index (χ0n) is 15.0. The van der Waals surface area contributed by atoms with E-state index in [-0.39, 0.29) is 5.91 Å². The molecule has 0 saturated heterocycles. The molecule has 1 atom stereocenters. The van der Waals surface area contributed by atoms with Crippen LogP contribution in [0.5, 0.6) is 0 Å². The van der Waals surface area contributed by atoms with Gasteiger partial charge in [-0.05, 0) is 48.2 Å². The van der Waals surface area contributed by atoms with E-state index in [1.165, 1.54) is 6.92 Å². The van der Waals surface area contributed by atoms with E-state index in [1.807, 2.05) is 19.9 Å². The molecular weight excluding hydrogens is 332 g/mol. The number of rotatable bonds is 6. The highest BCUT2D eigenvalue weighted by molar-refractivity contribution is 5.96. The van der Waals surface area contributed by atoms with Gasteiger partial charge in [0.05, 0.1) is 0 Å². The number of carboxylic acids is 1. The van der Waals surface area contributed by atoms with Crippen LogP contribution in [0.1, 0.15) is 45.6 Å². The summed E-state index contributed by atoms with van der Waals surface area (Å²) in [5.74, 6) is -1.73. The van der Waals surface area contributed by atoms with Crippen LogP contribution in [0.15, 0.2) is 42.5 Å². The molecule has 1 unspecified atom stereocenters. The van der Waals surface area contributed by atoms with Crippen molar-refractivity contribution in [1.82, 2.24) is 10.6 Å². The topological polar surface area (TPSA) is 95.5 Å². The number of amides is 2. The molecule has 0 heterocycles. The Bertz CT molecular complexity index is 828. The van der Waals surface area contributed by atoms with E-state index in [1.54, 1.807) is 36.4 Å². The minimum absolute atomic E-state index is 0.135. The molecule has 136 valence electrons. The molecule has 0 saturated carbocycles. The maximum Gasteiger partial charge on any atom is 0.330 e.